The highest BCUT2D eigenvalue weighted by Gasteiger charge is 2.40. The van der Waals surface area contributed by atoms with Crippen LogP contribution < -0.4 is 10.1 Å². The molecule has 0 unspecified atom stereocenters. The Labute approximate surface area is 163 Å². The van der Waals surface area contributed by atoms with Crippen molar-refractivity contribution < 1.29 is 18.7 Å². The van der Waals surface area contributed by atoms with E-state index in [-0.39, 0.29) is 24.1 Å². The van der Waals surface area contributed by atoms with Crippen LogP contribution in [0.1, 0.15) is 34.3 Å². The van der Waals surface area contributed by atoms with E-state index in [0.717, 1.165) is 5.56 Å². The van der Waals surface area contributed by atoms with Gasteiger partial charge in [-0.3, -0.25) is 9.59 Å². The maximum absolute atomic E-state index is 13.8. The van der Waals surface area contributed by atoms with Gasteiger partial charge in [-0.15, -0.1) is 0 Å². The number of ether oxygens (including phenoxy) is 1. The molecule has 2 aliphatic heterocycles. The van der Waals surface area contributed by atoms with Crippen LogP contribution in [0.5, 0.6) is 5.75 Å². The molecule has 2 amide bonds. The Morgan fingerprint density at radius 1 is 1.21 bits per heavy atom. The van der Waals surface area contributed by atoms with Gasteiger partial charge < -0.3 is 15.0 Å². The topological polar surface area (TPSA) is 58.6 Å². The normalized spacial score (nSPS) is 18.1. The van der Waals surface area contributed by atoms with E-state index < -0.39 is 5.60 Å². The van der Waals surface area contributed by atoms with Gasteiger partial charge in [0.15, 0.2) is 0 Å². The largest absolute Gasteiger partial charge is 0.484 e. The van der Waals surface area contributed by atoms with E-state index >= 15 is 0 Å². The lowest BCUT2D eigenvalue weighted by molar-refractivity contribution is -0.133. The number of likely N-dealkylation sites (tertiary alicyclic amines) is 1. The van der Waals surface area contributed by atoms with Crippen LogP contribution in [0.15, 0.2) is 42.5 Å². The first-order valence-corrected chi connectivity index (χ1v) is 9.55. The second kappa shape index (κ2) is 7.26. The number of nitrogens with zero attached hydrogens (tertiary/aromatic N) is 1. The standard InChI is InChI=1S/C22H23FN2O3/c1-15-6-7-19-17(12-15)21(27)24-14-22(28-19)8-10-25(11-9-22)20(26)13-16-4-2-3-5-18(16)23/h2-7,12H,8-11,13-14H2,1H3,(H,24,27). The quantitative estimate of drug-likeness (QED) is 0.869. The van der Waals surface area contributed by atoms with E-state index in [0.29, 0.717) is 49.4 Å². The molecule has 5 nitrogen and oxygen atoms in total. The molecule has 28 heavy (non-hydrogen) atoms. The molecule has 146 valence electrons. The summed E-state index contributed by atoms with van der Waals surface area (Å²) in [7, 11) is 0. The Kier molecular flexibility index (Phi) is 4.79. The second-order valence-corrected chi connectivity index (χ2v) is 7.62. The van der Waals surface area contributed by atoms with E-state index in [4.69, 9.17) is 4.74 Å². The molecule has 0 aliphatic carbocycles. The Balaban J connectivity index is 1.44. The first kappa shape index (κ1) is 18.5. The molecular weight excluding hydrogens is 359 g/mol. The van der Waals surface area contributed by atoms with Gasteiger partial charge in [-0.2, -0.15) is 0 Å². The fourth-order valence-electron chi connectivity index (χ4n) is 3.88. The highest BCUT2D eigenvalue weighted by atomic mass is 19.1. The predicted octanol–water partition coefficient (Wildman–Crippen LogP) is 2.86. The number of carbonyl (C=O) groups is 2. The molecule has 4 rings (SSSR count). The summed E-state index contributed by atoms with van der Waals surface area (Å²) < 4.78 is 20.1. The summed E-state index contributed by atoms with van der Waals surface area (Å²) in [5, 5.41) is 2.96. The highest BCUT2D eigenvalue weighted by molar-refractivity contribution is 5.97. The average molecular weight is 382 g/mol. The lowest BCUT2D eigenvalue weighted by Gasteiger charge is -2.41. The Morgan fingerprint density at radius 3 is 2.71 bits per heavy atom. The minimum atomic E-state index is -0.523. The molecule has 1 N–H and O–H groups in total. The molecule has 0 saturated carbocycles. The number of piperidine rings is 1. The zero-order valence-electron chi connectivity index (χ0n) is 15.8. The van der Waals surface area contributed by atoms with Gasteiger partial charge in [0, 0.05) is 25.9 Å². The van der Waals surface area contributed by atoms with Crippen molar-refractivity contribution in [3.05, 3.63) is 65.0 Å². The number of hydrogen-bond acceptors (Lipinski definition) is 3. The summed E-state index contributed by atoms with van der Waals surface area (Å²) in [5.41, 5.74) is 1.44. The van der Waals surface area contributed by atoms with Crippen molar-refractivity contribution in [1.29, 1.82) is 0 Å². The number of amides is 2. The first-order chi connectivity index (χ1) is 13.5. The predicted molar refractivity (Wildman–Crippen MR) is 103 cm³/mol. The number of hydrogen-bond donors (Lipinski definition) is 1. The molecule has 0 aromatic heterocycles. The number of benzene rings is 2. The molecule has 2 aromatic rings. The van der Waals surface area contributed by atoms with Crippen LogP contribution in [0.4, 0.5) is 4.39 Å². The van der Waals surface area contributed by atoms with Crippen molar-refractivity contribution in [3.8, 4) is 5.75 Å². The highest BCUT2D eigenvalue weighted by Crippen LogP contribution is 2.33. The van der Waals surface area contributed by atoms with Crippen LogP contribution in [-0.4, -0.2) is 41.9 Å². The van der Waals surface area contributed by atoms with Crippen LogP contribution in [0.3, 0.4) is 0 Å². The Bertz CT molecular complexity index is 920. The third-order valence-electron chi connectivity index (χ3n) is 5.60. The molecular formula is C22H23FN2O3. The number of aryl methyl sites for hydroxylation is 1. The van der Waals surface area contributed by atoms with Crippen LogP contribution in [0, 0.1) is 12.7 Å². The fourth-order valence-corrected chi connectivity index (χ4v) is 3.88. The van der Waals surface area contributed by atoms with Gasteiger partial charge in [-0.05, 0) is 30.7 Å². The minimum Gasteiger partial charge on any atom is -0.484 e. The zero-order chi connectivity index (χ0) is 19.7. The van der Waals surface area contributed by atoms with Gasteiger partial charge in [0.05, 0.1) is 18.5 Å². The van der Waals surface area contributed by atoms with Crippen molar-refractivity contribution in [2.75, 3.05) is 19.6 Å². The second-order valence-electron chi connectivity index (χ2n) is 7.62. The van der Waals surface area contributed by atoms with Gasteiger partial charge in [-0.25, -0.2) is 4.39 Å². The monoisotopic (exact) mass is 382 g/mol. The molecule has 0 radical (unpaired) electrons. The first-order valence-electron chi connectivity index (χ1n) is 9.55. The summed E-state index contributed by atoms with van der Waals surface area (Å²) in [6.45, 7) is 3.39. The molecule has 6 heteroatoms. The lowest BCUT2D eigenvalue weighted by atomic mass is 9.90. The number of carbonyl (C=O) groups excluding carboxylic acids is 2. The Morgan fingerprint density at radius 2 is 1.96 bits per heavy atom. The Hall–Kier alpha value is -2.89. The molecule has 0 atom stereocenters. The summed E-state index contributed by atoms with van der Waals surface area (Å²) in [5.74, 6) is 0.0139. The third kappa shape index (κ3) is 3.59. The van der Waals surface area contributed by atoms with Crippen molar-refractivity contribution in [2.45, 2.75) is 31.8 Å². The van der Waals surface area contributed by atoms with Crippen LogP contribution in [0.2, 0.25) is 0 Å². The fraction of sp³-hybridized carbons (Fsp3) is 0.364. The summed E-state index contributed by atoms with van der Waals surface area (Å²) in [6, 6.07) is 12.0. The maximum Gasteiger partial charge on any atom is 0.255 e. The molecule has 2 aromatic carbocycles. The molecule has 1 fully saturated rings. The molecule has 2 heterocycles. The third-order valence-corrected chi connectivity index (χ3v) is 5.60. The minimum absolute atomic E-state index is 0.0549. The molecule has 1 saturated heterocycles. The summed E-state index contributed by atoms with van der Waals surface area (Å²) >= 11 is 0. The van der Waals surface area contributed by atoms with Gasteiger partial charge in [0.2, 0.25) is 5.91 Å². The number of fused-ring (bicyclic) bond motifs is 1. The van der Waals surface area contributed by atoms with Gasteiger partial charge in [0.1, 0.15) is 17.2 Å². The van der Waals surface area contributed by atoms with E-state index in [1.165, 1.54) is 6.07 Å². The van der Waals surface area contributed by atoms with Gasteiger partial charge in [0.25, 0.3) is 5.91 Å². The molecule has 2 aliphatic rings. The van der Waals surface area contributed by atoms with E-state index in [1.807, 2.05) is 25.1 Å². The molecule has 1 spiro atoms. The lowest BCUT2D eigenvalue weighted by Crippen LogP contribution is -2.54. The van der Waals surface area contributed by atoms with E-state index in [9.17, 15) is 14.0 Å². The van der Waals surface area contributed by atoms with Crippen molar-refractivity contribution in [2.24, 2.45) is 0 Å². The van der Waals surface area contributed by atoms with Gasteiger partial charge in [-0.1, -0.05) is 29.8 Å². The van der Waals surface area contributed by atoms with E-state index in [2.05, 4.69) is 5.32 Å². The van der Waals surface area contributed by atoms with Crippen molar-refractivity contribution in [1.82, 2.24) is 10.2 Å². The summed E-state index contributed by atoms with van der Waals surface area (Å²) in [4.78, 5) is 26.7. The van der Waals surface area contributed by atoms with Crippen LogP contribution >= 0.6 is 0 Å². The zero-order valence-corrected chi connectivity index (χ0v) is 15.8. The number of nitrogens with one attached hydrogen (secondary N) is 1. The smallest absolute Gasteiger partial charge is 0.255 e. The number of rotatable bonds is 2. The SMILES string of the molecule is Cc1ccc2c(c1)C(=O)NCC1(CCN(C(=O)Cc3ccccc3F)CC1)O2. The number of halogens is 1. The van der Waals surface area contributed by atoms with Crippen LogP contribution in [-0.2, 0) is 11.2 Å². The molecule has 0 bridgehead atoms. The van der Waals surface area contributed by atoms with E-state index in [1.54, 1.807) is 23.1 Å². The van der Waals surface area contributed by atoms with Gasteiger partial charge >= 0.3 is 0 Å². The maximum atomic E-state index is 13.8. The summed E-state index contributed by atoms with van der Waals surface area (Å²) in [6.07, 6.45) is 1.28. The average Bonchev–Trinajstić information content (AvgIpc) is 2.82. The van der Waals surface area contributed by atoms with Crippen molar-refractivity contribution >= 4 is 11.8 Å². The van der Waals surface area contributed by atoms with Crippen LogP contribution in [0.25, 0.3) is 0 Å². The van der Waals surface area contributed by atoms with Crippen molar-refractivity contribution in [3.63, 3.8) is 0 Å².